The maximum absolute atomic E-state index is 10.3. The third kappa shape index (κ3) is 3.46. The Labute approximate surface area is 100 Å². The van der Waals surface area contributed by atoms with Gasteiger partial charge in [0, 0.05) is 0 Å². The summed E-state index contributed by atoms with van der Waals surface area (Å²) < 4.78 is 0. The van der Waals surface area contributed by atoms with E-state index in [4.69, 9.17) is 0 Å². The van der Waals surface area contributed by atoms with E-state index in [1.54, 1.807) is 0 Å². The lowest BCUT2D eigenvalue weighted by Gasteiger charge is -2.38. The maximum Gasteiger partial charge on any atom is 0.0646 e. The first kappa shape index (κ1) is 14.0. The van der Waals surface area contributed by atoms with Crippen molar-refractivity contribution in [1.82, 2.24) is 0 Å². The SMILES string of the molecule is CCC1CCC(O)C(CC(C)(O)C(C)C)C1. The zero-order chi connectivity index (χ0) is 12.3. The van der Waals surface area contributed by atoms with Crippen LogP contribution in [0.3, 0.4) is 0 Å². The lowest BCUT2D eigenvalue weighted by molar-refractivity contribution is -0.0484. The van der Waals surface area contributed by atoms with E-state index in [1.165, 1.54) is 6.42 Å². The Balaban J connectivity index is 2.57. The van der Waals surface area contributed by atoms with Crippen LogP contribution in [0.5, 0.6) is 0 Å². The van der Waals surface area contributed by atoms with E-state index in [9.17, 15) is 10.2 Å². The van der Waals surface area contributed by atoms with Crippen LogP contribution in [0.15, 0.2) is 0 Å². The molecule has 0 aromatic heterocycles. The van der Waals surface area contributed by atoms with E-state index in [0.717, 1.165) is 31.6 Å². The summed E-state index contributed by atoms with van der Waals surface area (Å²) in [5.74, 6) is 1.29. The predicted molar refractivity (Wildman–Crippen MR) is 67.2 cm³/mol. The highest BCUT2D eigenvalue weighted by molar-refractivity contribution is 4.87. The smallest absolute Gasteiger partial charge is 0.0646 e. The highest BCUT2D eigenvalue weighted by Gasteiger charge is 2.35. The lowest BCUT2D eigenvalue weighted by atomic mass is 9.72. The fraction of sp³-hybridized carbons (Fsp3) is 1.00. The molecule has 1 saturated carbocycles. The second-order valence-electron chi connectivity index (χ2n) is 6.13. The molecular formula is C14H28O2. The topological polar surface area (TPSA) is 40.5 Å². The third-order valence-corrected chi connectivity index (χ3v) is 4.55. The van der Waals surface area contributed by atoms with Crippen molar-refractivity contribution in [3.05, 3.63) is 0 Å². The molecular weight excluding hydrogens is 200 g/mol. The average Bonchev–Trinajstić information content (AvgIpc) is 2.21. The van der Waals surface area contributed by atoms with Gasteiger partial charge in [-0.25, -0.2) is 0 Å². The molecule has 0 amide bonds. The standard InChI is InChI=1S/C14H28O2/c1-5-11-6-7-13(15)12(8-11)9-14(4,16)10(2)3/h10-13,15-16H,5-9H2,1-4H3. The molecule has 0 aromatic rings. The second kappa shape index (κ2) is 5.50. The van der Waals surface area contributed by atoms with Crippen molar-refractivity contribution >= 4 is 0 Å². The van der Waals surface area contributed by atoms with Gasteiger partial charge in [0.25, 0.3) is 0 Å². The van der Waals surface area contributed by atoms with Crippen molar-refractivity contribution in [3.63, 3.8) is 0 Å². The summed E-state index contributed by atoms with van der Waals surface area (Å²) >= 11 is 0. The van der Waals surface area contributed by atoms with Crippen LogP contribution in [0, 0.1) is 17.8 Å². The molecule has 0 heterocycles. The summed E-state index contributed by atoms with van der Waals surface area (Å²) in [5.41, 5.74) is -0.638. The fourth-order valence-corrected chi connectivity index (χ4v) is 2.70. The third-order valence-electron chi connectivity index (χ3n) is 4.55. The minimum atomic E-state index is -0.638. The van der Waals surface area contributed by atoms with Crippen LogP contribution in [-0.4, -0.2) is 21.9 Å². The fourth-order valence-electron chi connectivity index (χ4n) is 2.70. The zero-order valence-electron chi connectivity index (χ0n) is 11.2. The van der Waals surface area contributed by atoms with Gasteiger partial charge in [-0.3, -0.25) is 0 Å². The minimum absolute atomic E-state index is 0.201. The minimum Gasteiger partial charge on any atom is -0.393 e. The van der Waals surface area contributed by atoms with Gasteiger partial charge in [0.2, 0.25) is 0 Å². The molecule has 1 rings (SSSR count). The van der Waals surface area contributed by atoms with Crippen molar-refractivity contribution in [2.24, 2.45) is 17.8 Å². The van der Waals surface area contributed by atoms with Gasteiger partial charge in [0.05, 0.1) is 11.7 Å². The molecule has 0 radical (unpaired) electrons. The van der Waals surface area contributed by atoms with Gasteiger partial charge in [-0.2, -0.15) is 0 Å². The average molecular weight is 228 g/mol. The van der Waals surface area contributed by atoms with Crippen LogP contribution in [0.2, 0.25) is 0 Å². The van der Waals surface area contributed by atoms with E-state index in [2.05, 4.69) is 6.92 Å². The van der Waals surface area contributed by atoms with Crippen LogP contribution in [-0.2, 0) is 0 Å². The first-order valence-electron chi connectivity index (χ1n) is 6.77. The van der Waals surface area contributed by atoms with Crippen LogP contribution in [0.4, 0.5) is 0 Å². The molecule has 2 heteroatoms. The number of hydrogen-bond acceptors (Lipinski definition) is 2. The largest absolute Gasteiger partial charge is 0.393 e. The molecule has 1 aliphatic carbocycles. The summed E-state index contributed by atoms with van der Waals surface area (Å²) in [4.78, 5) is 0. The van der Waals surface area contributed by atoms with Crippen LogP contribution in [0.1, 0.15) is 59.8 Å². The lowest BCUT2D eigenvalue weighted by Crippen LogP contribution is -2.39. The Morgan fingerprint density at radius 1 is 1.31 bits per heavy atom. The number of hydrogen-bond donors (Lipinski definition) is 2. The van der Waals surface area contributed by atoms with E-state index >= 15 is 0 Å². The molecule has 96 valence electrons. The van der Waals surface area contributed by atoms with Crippen LogP contribution < -0.4 is 0 Å². The Hall–Kier alpha value is -0.0800. The zero-order valence-corrected chi connectivity index (χ0v) is 11.2. The van der Waals surface area contributed by atoms with Crippen LogP contribution >= 0.6 is 0 Å². The molecule has 0 saturated heterocycles. The summed E-state index contributed by atoms with van der Waals surface area (Å²) in [6.45, 7) is 8.22. The van der Waals surface area contributed by atoms with Crippen molar-refractivity contribution < 1.29 is 10.2 Å². The van der Waals surface area contributed by atoms with Crippen molar-refractivity contribution in [2.45, 2.75) is 71.5 Å². The number of rotatable bonds is 4. The van der Waals surface area contributed by atoms with E-state index in [1.807, 2.05) is 20.8 Å². The monoisotopic (exact) mass is 228 g/mol. The first-order chi connectivity index (χ1) is 7.36. The molecule has 1 aliphatic rings. The normalized spacial score (nSPS) is 35.1. The molecule has 2 N–H and O–H groups in total. The highest BCUT2D eigenvalue weighted by atomic mass is 16.3. The molecule has 0 aromatic carbocycles. The van der Waals surface area contributed by atoms with E-state index in [-0.39, 0.29) is 17.9 Å². The number of aliphatic hydroxyl groups is 2. The molecule has 0 spiro atoms. The molecule has 4 atom stereocenters. The summed E-state index contributed by atoms with van der Waals surface area (Å²) in [6, 6.07) is 0. The van der Waals surface area contributed by atoms with Gasteiger partial charge >= 0.3 is 0 Å². The Morgan fingerprint density at radius 3 is 2.44 bits per heavy atom. The van der Waals surface area contributed by atoms with Gasteiger partial charge in [0.15, 0.2) is 0 Å². The van der Waals surface area contributed by atoms with Gasteiger partial charge in [-0.1, -0.05) is 27.2 Å². The Bertz CT molecular complexity index is 211. The van der Waals surface area contributed by atoms with Gasteiger partial charge in [0.1, 0.15) is 0 Å². The molecule has 2 nitrogen and oxygen atoms in total. The molecule has 16 heavy (non-hydrogen) atoms. The molecule has 4 unspecified atom stereocenters. The first-order valence-corrected chi connectivity index (χ1v) is 6.77. The summed E-state index contributed by atoms with van der Waals surface area (Å²) in [5, 5.41) is 20.3. The Kier molecular flexibility index (Phi) is 4.81. The molecule has 0 bridgehead atoms. The summed E-state index contributed by atoms with van der Waals surface area (Å²) in [6.07, 6.45) is 4.89. The Morgan fingerprint density at radius 2 is 1.94 bits per heavy atom. The van der Waals surface area contributed by atoms with Crippen molar-refractivity contribution in [1.29, 1.82) is 0 Å². The van der Waals surface area contributed by atoms with Crippen LogP contribution in [0.25, 0.3) is 0 Å². The van der Waals surface area contributed by atoms with Gasteiger partial charge < -0.3 is 10.2 Å². The highest BCUT2D eigenvalue weighted by Crippen LogP contribution is 2.37. The second-order valence-corrected chi connectivity index (χ2v) is 6.13. The van der Waals surface area contributed by atoms with E-state index < -0.39 is 5.60 Å². The quantitative estimate of drug-likeness (QED) is 0.776. The molecule has 1 fully saturated rings. The number of aliphatic hydroxyl groups excluding tert-OH is 1. The van der Waals surface area contributed by atoms with E-state index in [0.29, 0.717) is 0 Å². The van der Waals surface area contributed by atoms with Crippen molar-refractivity contribution in [2.75, 3.05) is 0 Å². The van der Waals surface area contributed by atoms with Gasteiger partial charge in [-0.05, 0) is 50.4 Å². The molecule has 0 aliphatic heterocycles. The maximum atomic E-state index is 10.3. The van der Waals surface area contributed by atoms with Gasteiger partial charge in [-0.15, -0.1) is 0 Å². The van der Waals surface area contributed by atoms with Crippen molar-refractivity contribution in [3.8, 4) is 0 Å². The predicted octanol–water partition coefficient (Wildman–Crippen LogP) is 2.97. The summed E-state index contributed by atoms with van der Waals surface area (Å²) in [7, 11) is 0.